The van der Waals surface area contributed by atoms with Crippen molar-refractivity contribution in [2.75, 3.05) is 11.2 Å². The van der Waals surface area contributed by atoms with Gasteiger partial charge in [0.1, 0.15) is 5.69 Å². The number of primary amides is 1. The maximum Gasteiger partial charge on any atom is 0.249 e. The number of H-pyrrole nitrogens is 1. The lowest BCUT2D eigenvalue weighted by molar-refractivity contribution is -0.118. The first-order valence-corrected chi connectivity index (χ1v) is 10.6. The van der Waals surface area contributed by atoms with Crippen molar-refractivity contribution in [3.8, 4) is 22.5 Å². The number of hydrogen-bond acceptors (Lipinski definition) is 6. The van der Waals surface area contributed by atoms with E-state index in [1.54, 1.807) is 36.8 Å². The molecule has 0 saturated carbocycles. The van der Waals surface area contributed by atoms with Gasteiger partial charge in [0.2, 0.25) is 11.8 Å². The Morgan fingerprint density at radius 2 is 1.85 bits per heavy atom. The number of fused-ring (bicyclic) bond motifs is 2. The van der Waals surface area contributed by atoms with Crippen LogP contribution in [0.1, 0.15) is 24.2 Å². The van der Waals surface area contributed by atoms with Crippen LogP contribution in [0.15, 0.2) is 55.0 Å². The van der Waals surface area contributed by atoms with E-state index < -0.39 is 5.91 Å². The predicted octanol–water partition coefficient (Wildman–Crippen LogP) is 3.05. The topological polar surface area (TPSA) is 158 Å². The SMILES string of the molecule is CC(C)C(=O)Nc1cncc(-c2cnc3[nH]nc(-c4cc5c(C(N)=O)cccc5n4N)c3c2)c1. The molecule has 0 bridgehead atoms. The summed E-state index contributed by atoms with van der Waals surface area (Å²) in [5.41, 5.74) is 10.5. The zero-order chi connectivity index (χ0) is 24.0. The molecule has 0 unspecified atom stereocenters. The van der Waals surface area contributed by atoms with Gasteiger partial charge < -0.3 is 16.9 Å². The van der Waals surface area contributed by atoms with Crippen molar-refractivity contribution in [1.82, 2.24) is 24.8 Å². The van der Waals surface area contributed by atoms with Crippen molar-refractivity contribution in [2.45, 2.75) is 13.8 Å². The van der Waals surface area contributed by atoms with Crippen LogP contribution in [0.3, 0.4) is 0 Å². The lowest BCUT2D eigenvalue weighted by Gasteiger charge is -2.09. The molecule has 34 heavy (non-hydrogen) atoms. The fourth-order valence-electron chi connectivity index (χ4n) is 3.86. The van der Waals surface area contributed by atoms with Gasteiger partial charge in [-0.05, 0) is 30.3 Å². The zero-order valence-electron chi connectivity index (χ0n) is 18.5. The number of nitrogen functional groups attached to an aromatic ring is 1. The molecule has 2 amide bonds. The Kier molecular flexibility index (Phi) is 4.97. The summed E-state index contributed by atoms with van der Waals surface area (Å²) >= 11 is 0. The van der Waals surface area contributed by atoms with Crippen molar-refractivity contribution in [1.29, 1.82) is 0 Å². The molecule has 0 aliphatic rings. The van der Waals surface area contributed by atoms with E-state index in [1.807, 2.05) is 32.0 Å². The molecule has 170 valence electrons. The van der Waals surface area contributed by atoms with Crippen LogP contribution in [0.4, 0.5) is 5.69 Å². The molecule has 0 atom stereocenters. The van der Waals surface area contributed by atoms with Gasteiger partial charge >= 0.3 is 0 Å². The summed E-state index contributed by atoms with van der Waals surface area (Å²) in [4.78, 5) is 32.7. The second kappa shape index (κ2) is 8.00. The van der Waals surface area contributed by atoms with Crippen molar-refractivity contribution >= 4 is 39.4 Å². The molecular weight excluding hydrogens is 432 g/mol. The number of aromatic nitrogens is 5. The molecule has 10 nitrogen and oxygen atoms in total. The highest BCUT2D eigenvalue weighted by molar-refractivity contribution is 6.08. The molecule has 5 rings (SSSR count). The lowest BCUT2D eigenvalue weighted by atomic mass is 10.1. The summed E-state index contributed by atoms with van der Waals surface area (Å²) in [6, 6.07) is 10.8. The molecule has 6 N–H and O–H groups in total. The van der Waals surface area contributed by atoms with Gasteiger partial charge in [-0.2, -0.15) is 5.10 Å². The van der Waals surface area contributed by atoms with Crippen LogP contribution < -0.4 is 16.9 Å². The number of pyridine rings is 2. The van der Waals surface area contributed by atoms with E-state index in [0.29, 0.717) is 39.2 Å². The van der Waals surface area contributed by atoms with Gasteiger partial charge in [0.25, 0.3) is 0 Å². The number of nitrogens with two attached hydrogens (primary N) is 2. The van der Waals surface area contributed by atoms with Gasteiger partial charge in [0.15, 0.2) is 5.65 Å². The first-order valence-electron chi connectivity index (χ1n) is 10.6. The van der Waals surface area contributed by atoms with Gasteiger partial charge in [-0.3, -0.25) is 24.3 Å². The number of nitrogens with one attached hydrogen (secondary N) is 2. The normalized spacial score (nSPS) is 11.4. The number of amides is 2. The van der Waals surface area contributed by atoms with Crippen LogP contribution in [-0.2, 0) is 4.79 Å². The first kappa shape index (κ1) is 21.1. The molecule has 10 heteroatoms. The molecule has 4 heterocycles. The molecule has 0 saturated heterocycles. The summed E-state index contributed by atoms with van der Waals surface area (Å²) in [6.45, 7) is 3.65. The fourth-order valence-corrected chi connectivity index (χ4v) is 3.86. The number of benzene rings is 1. The van der Waals surface area contributed by atoms with E-state index in [4.69, 9.17) is 11.6 Å². The zero-order valence-corrected chi connectivity index (χ0v) is 18.5. The van der Waals surface area contributed by atoms with Crippen molar-refractivity contribution in [3.63, 3.8) is 0 Å². The second-order valence-electron chi connectivity index (χ2n) is 8.30. The largest absolute Gasteiger partial charge is 0.366 e. The third-order valence-electron chi connectivity index (χ3n) is 5.67. The Bertz CT molecular complexity index is 1580. The minimum absolute atomic E-state index is 0.0873. The molecule has 0 fully saturated rings. The molecule has 1 aromatic carbocycles. The van der Waals surface area contributed by atoms with Gasteiger partial charge in [-0.15, -0.1) is 0 Å². The predicted molar refractivity (Wildman–Crippen MR) is 130 cm³/mol. The Morgan fingerprint density at radius 3 is 2.62 bits per heavy atom. The minimum Gasteiger partial charge on any atom is -0.366 e. The average Bonchev–Trinajstić information content (AvgIpc) is 3.39. The summed E-state index contributed by atoms with van der Waals surface area (Å²) in [5.74, 6) is 5.61. The monoisotopic (exact) mass is 454 g/mol. The van der Waals surface area contributed by atoms with E-state index in [0.717, 1.165) is 16.5 Å². The Hall–Kier alpha value is -4.73. The van der Waals surface area contributed by atoms with E-state index in [2.05, 4.69) is 25.5 Å². The van der Waals surface area contributed by atoms with Crippen LogP contribution in [-0.4, -0.2) is 36.7 Å². The second-order valence-corrected chi connectivity index (χ2v) is 8.30. The highest BCUT2D eigenvalue weighted by Crippen LogP contribution is 2.33. The van der Waals surface area contributed by atoms with Crippen molar-refractivity contribution < 1.29 is 9.59 Å². The third kappa shape index (κ3) is 3.51. The van der Waals surface area contributed by atoms with Crippen LogP contribution >= 0.6 is 0 Å². The molecule has 0 radical (unpaired) electrons. The average molecular weight is 454 g/mol. The van der Waals surface area contributed by atoms with Crippen LogP contribution in [0.2, 0.25) is 0 Å². The molecule has 0 spiro atoms. The number of carbonyl (C=O) groups excluding carboxylic acids is 2. The van der Waals surface area contributed by atoms with E-state index >= 15 is 0 Å². The van der Waals surface area contributed by atoms with E-state index in [1.165, 1.54) is 4.68 Å². The lowest BCUT2D eigenvalue weighted by Crippen LogP contribution is -2.17. The van der Waals surface area contributed by atoms with Gasteiger partial charge in [-0.25, -0.2) is 4.98 Å². The maximum absolute atomic E-state index is 12.1. The number of carbonyl (C=O) groups is 2. The van der Waals surface area contributed by atoms with Crippen molar-refractivity contribution in [3.05, 3.63) is 60.6 Å². The highest BCUT2D eigenvalue weighted by atomic mass is 16.2. The Morgan fingerprint density at radius 1 is 1.06 bits per heavy atom. The van der Waals surface area contributed by atoms with E-state index in [-0.39, 0.29) is 11.8 Å². The first-order chi connectivity index (χ1) is 16.3. The maximum atomic E-state index is 12.1. The van der Waals surface area contributed by atoms with E-state index in [9.17, 15) is 9.59 Å². The van der Waals surface area contributed by atoms with Crippen LogP contribution in [0.25, 0.3) is 44.5 Å². The summed E-state index contributed by atoms with van der Waals surface area (Å²) in [6.07, 6.45) is 5.01. The van der Waals surface area contributed by atoms with Gasteiger partial charge in [-0.1, -0.05) is 19.9 Å². The Balaban J connectivity index is 1.61. The van der Waals surface area contributed by atoms with Crippen LogP contribution in [0.5, 0.6) is 0 Å². The summed E-state index contributed by atoms with van der Waals surface area (Å²) < 4.78 is 1.48. The summed E-state index contributed by atoms with van der Waals surface area (Å²) in [5, 5.41) is 11.6. The number of hydrogen-bond donors (Lipinski definition) is 4. The third-order valence-corrected chi connectivity index (χ3v) is 5.67. The molecule has 0 aliphatic carbocycles. The van der Waals surface area contributed by atoms with Gasteiger partial charge in [0, 0.05) is 45.8 Å². The van der Waals surface area contributed by atoms with Crippen LogP contribution in [0, 0.1) is 5.92 Å². The molecular formula is C24H22N8O2. The number of rotatable bonds is 5. The quantitative estimate of drug-likeness (QED) is 0.299. The molecule has 0 aliphatic heterocycles. The highest BCUT2D eigenvalue weighted by Gasteiger charge is 2.19. The molecule has 5 aromatic rings. The molecule has 4 aromatic heterocycles. The standard InChI is InChI=1S/C24H22N8O2/c1-12(2)24(34)29-15-6-13(9-27-11-15)14-7-18-21(30-31-23(18)28-10-14)20-8-17-16(22(25)33)4-3-5-19(17)32(20)26/h3-12H,26H2,1-2H3,(H2,25,33)(H,29,34)(H,28,30,31). The number of anilines is 1. The number of nitrogens with zero attached hydrogens (tertiary/aromatic N) is 4. The Labute approximate surface area is 194 Å². The fraction of sp³-hybridized carbons (Fsp3) is 0.125. The minimum atomic E-state index is -0.532. The van der Waals surface area contributed by atoms with Gasteiger partial charge in [0.05, 0.1) is 23.1 Å². The summed E-state index contributed by atoms with van der Waals surface area (Å²) in [7, 11) is 0. The number of aromatic amines is 1. The van der Waals surface area contributed by atoms with Crippen molar-refractivity contribution in [2.24, 2.45) is 11.7 Å². The smallest absolute Gasteiger partial charge is 0.249 e.